The molecule has 0 aliphatic carbocycles. The average Bonchev–Trinajstić information content (AvgIpc) is 2.84. The molecule has 21 heavy (non-hydrogen) atoms. The van der Waals surface area contributed by atoms with Crippen molar-refractivity contribution in [3.8, 4) is 0 Å². The van der Waals surface area contributed by atoms with Crippen molar-refractivity contribution in [2.24, 2.45) is 5.41 Å². The Hall–Kier alpha value is -1.96. The van der Waals surface area contributed by atoms with E-state index in [1.54, 1.807) is 20.8 Å². The van der Waals surface area contributed by atoms with Gasteiger partial charge in [0.15, 0.2) is 5.69 Å². The van der Waals surface area contributed by atoms with Gasteiger partial charge in [-0.25, -0.2) is 9.78 Å². The predicted molar refractivity (Wildman–Crippen MR) is 78.0 cm³/mol. The SMILES string of the molecule is CC(C)(C)C(=O)NCCC(=O)NCc1nc(C(=O)O)cs1. The fourth-order valence-corrected chi connectivity index (χ4v) is 2.02. The predicted octanol–water partition coefficient (Wildman–Crippen LogP) is 1.01. The molecule has 0 aliphatic rings. The summed E-state index contributed by atoms with van der Waals surface area (Å²) in [7, 11) is 0. The Morgan fingerprint density at radius 1 is 1.29 bits per heavy atom. The molecule has 0 saturated carbocycles. The van der Waals surface area contributed by atoms with Crippen molar-refractivity contribution in [3.05, 3.63) is 16.1 Å². The second kappa shape index (κ2) is 7.16. The van der Waals surface area contributed by atoms with Gasteiger partial charge in [-0.05, 0) is 0 Å². The molecule has 7 nitrogen and oxygen atoms in total. The fourth-order valence-electron chi connectivity index (χ4n) is 1.31. The first-order valence-electron chi connectivity index (χ1n) is 6.43. The Labute approximate surface area is 126 Å². The third-order valence-corrected chi connectivity index (χ3v) is 3.38. The molecular formula is C13H19N3O4S. The smallest absolute Gasteiger partial charge is 0.355 e. The maximum atomic E-state index is 11.6. The number of carboxylic acid groups (broad SMARTS) is 1. The number of thiazole rings is 1. The second-order valence-electron chi connectivity index (χ2n) is 5.46. The summed E-state index contributed by atoms with van der Waals surface area (Å²) >= 11 is 1.18. The Balaban J connectivity index is 2.28. The number of amides is 2. The first-order chi connectivity index (χ1) is 9.70. The molecule has 0 aliphatic heterocycles. The van der Waals surface area contributed by atoms with Gasteiger partial charge in [0.25, 0.3) is 0 Å². The summed E-state index contributed by atoms with van der Waals surface area (Å²) in [6.07, 6.45) is 0.166. The standard InChI is InChI=1S/C13H19N3O4S/c1-13(2,3)12(20)14-5-4-9(17)15-6-10-16-8(7-21-10)11(18)19/h7H,4-6H2,1-3H3,(H,14,20)(H,15,17)(H,18,19). The normalized spacial score (nSPS) is 11.0. The lowest BCUT2D eigenvalue weighted by molar-refractivity contribution is -0.128. The third kappa shape index (κ3) is 5.90. The van der Waals surface area contributed by atoms with E-state index in [0.717, 1.165) is 0 Å². The molecule has 8 heteroatoms. The van der Waals surface area contributed by atoms with Crippen LogP contribution in [-0.4, -0.2) is 34.4 Å². The van der Waals surface area contributed by atoms with Gasteiger partial charge in [-0.2, -0.15) is 0 Å². The average molecular weight is 313 g/mol. The molecular weight excluding hydrogens is 294 g/mol. The van der Waals surface area contributed by atoms with E-state index in [9.17, 15) is 14.4 Å². The van der Waals surface area contributed by atoms with Crippen molar-refractivity contribution in [1.29, 1.82) is 0 Å². The number of carbonyl (C=O) groups excluding carboxylic acids is 2. The van der Waals surface area contributed by atoms with E-state index in [1.807, 2.05) is 0 Å². The van der Waals surface area contributed by atoms with Crippen molar-refractivity contribution in [3.63, 3.8) is 0 Å². The summed E-state index contributed by atoms with van der Waals surface area (Å²) in [5, 5.41) is 16.0. The summed E-state index contributed by atoms with van der Waals surface area (Å²) in [6.45, 7) is 5.84. The Kier molecular flexibility index (Phi) is 5.83. The Morgan fingerprint density at radius 3 is 2.48 bits per heavy atom. The minimum atomic E-state index is -1.09. The van der Waals surface area contributed by atoms with Gasteiger partial charge in [0.2, 0.25) is 11.8 Å². The van der Waals surface area contributed by atoms with E-state index in [2.05, 4.69) is 15.6 Å². The van der Waals surface area contributed by atoms with Gasteiger partial charge >= 0.3 is 5.97 Å². The Bertz CT molecular complexity index is 534. The van der Waals surface area contributed by atoms with E-state index in [1.165, 1.54) is 16.7 Å². The first kappa shape index (κ1) is 17.1. The van der Waals surface area contributed by atoms with Crippen LogP contribution in [0, 0.1) is 5.41 Å². The summed E-state index contributed by atoms with van der Waals surface area (Å²) < 4.78 is 0. The van der Waals surface area contributed by atoms with Gasteiger partial charge in [0.05, 0.1) is 6.54 Å². The number of hydrogen-bond acceptors (Lipinski definition) is 5. The number of nitrogens with one attached hydrogen (secondary N) is 2. The van der Waals surface area contributed by atoms with Crippen LogP contribution in [-0.2, 0) is 16.1 Å². The zero-order valence-electron chi connectivity index (χ0n) is 12.2. The van der Waals surface area contributed by atoms with Crippen molar-refractivity contribution in [2.75, 3.05) is 6.54 Å². The minimum Gasteiger partial charge on any atom is -0.476 e. The number of carbonyl (C=O) groups is 3. The van der Waals surface area contributed by atoms with Crippen LogP contribution in [0.3, 0.4) is 0 Å². The van der Waals surface area contributed by atoms with Gasteiger partial charge in [0.1, 0.15) is 5.01 Å². The van der Waals surface area contributed by atoms with Crippen LogP contribution in [0.25, 0.3) is 0 Å². The number of aromatic nitrogens is 1. The van der Waals surface area contributed by atoms with Crippen molar-refractivity contribution in [1.82, 2.24) is 15.6 Å². The van der Waals surface area contributed by atoms with Crippen LogP contribution in [0.1, 0.15) is 42.7 Å². The lowest BCUT2D eigenvalue weighted by atomic mass is 9.96. The number of rotatable bonds is 6. The van der Waals surface area contributed by atoms with E-state index >= 15 is 0 Å². The fraction of sp³-hybridized carbons (Fsp3) is 0.538. The molecule has 0 fully saturated rings. The Morgan fingerprint density at radius 2 is 1.95 bits per heavy atom. The zero-order valence-corrected chi connectivity index (χ0v) is 13.0. The molecule has 3 N–H and O–H groups in total. The second-order valence-corrected chi connectivity index (χ2v) is 6.41. The topological polar surface area (TPSA) is 108 Å². The highest BCUT2D eigenvalue weighted by atomic mass is 32.1. The van der Waals surface area contributed by atoms with Gasteiger partial charge < -0.3 is 15.7 Å². The van der Waals surface area contributed by atoms with Crippen LogP contribution in [0.4, 0.5) is 0 Å². The maximum Gasteiger partial charge on any atom is 0.355 e. The molecule has 0 aromatic carbocycles. The molecule has 0 spiro atoms. The molecule has 1 aromatic rings. The molecule has 0 unspecified atom stereocenters. The number of aromatic carboxylic acids is 1. The highest BCUT2D eigenvalue weighted by Gasteiger charge is 2.20. The maximum absolute atomic E-state index is 11.6. The van der Waals surface area contributed by atoms with Crippen LogP contribution in [0.5, 0.6) is 0 Å². The van der Waals surface area contributed by atoms with E-state index in [0.29, 0.717) is 5.01 Å². The van der Waals surface area contributed by atoms with Crippen LogP contribution in [0.2, 0.25) is 0 Å². The van der Waals surface area contributed by atoms with Crippen molar-refractivity contribution in [2.45, 2.75) is 33.7 Å². The molecule has 1 heterocycles. The largest absolute Gasteiger partial charge is 0.476 e. The molecule has 116 valence electrons. The van der Waals surface area contributed by atoms with Crippen molar-refractivity contribution < 1.29 is 19.5 Å². The molecule has 0 atom stereocenters. The highest BCUT2D eigenvalue weighted by molar-refractivity contribution is 7.09. The lowest BCUT2D eigenvalue weighted by Gasteiger charge is -2.17. The third-order valence-electron chi connectivity index (χ3n) is 2.53. The molecule has 0 bridgehead atoms. The molecule has 0 saturated heterocycles. The quantitative estimate of drug-likeness (QED) is 0.726. The van der Waals surface area contributed by atoms with E-state index in [4.69, 9.17) is 5.11 Å². The van der Waals surface area contributed by atoms with Crippen LogP contribution >= 0.6 is 11.3 Å². The van der Waals surface area contributed by atoms with Gasteiger partial charge in [-0.3, -0.25) is 9.59 Å². The molecule has 2 amide bonds. The minimum absolute atomic E-state index is 0.0262. The van der Waals surface area contributed by atoms with Gasteiger partial charge in [-0.1, -0.05) is 20.8 Å². The zero-order chi connectivity index (χ0) is 16.0. The van der Waals surface area contributed by atoms with E-state index in [-0.39, 0.29) is 37.0 Å². The number of carboxylic acids is 1. The van der Waals surface area contributed by atoms with Crippen LogP contribution < -0.4 is 10.6 Å². The molecule has 1 aromatic heterocycles. The molecule has 1 rings (SSSR count). The summed E-state index contributed by atoms with van der Waals surface area (Å²) in [5.74, 6) is -1.42. The van der Waals surface area contributed by atoms with Crippen LogP contribution in [0.15, 0.2) is 5.38 Å². The molecule has 0 radical (unpaired) electrons. The lowest BCUT2D eigenvalue weighted by Crippen LogP contribution is -2.37. The van der Waals surface area contributed by atoms with E-state index < -0.39 is 11.4 Å². The summed E-state index contributed by atoms with van der Waals surface area (Å²) in [4.78, 5) is 37.7. The number of nitrogens with zero attached hydrogens (tertiary/aromatic N) is 1. The van der Waals surface area contributed by atoms with Gasteiger partial charge in [0, 0.05) is 23.8 Å². The summed E-state index contributed by atoms with van der Waals surface area (Å²) in [5.41, 5.74) is -0.508. The first-order valence-corrected chi connectivity index (χ1v) is 7.31. The van der Waals surface area contributed by atoms with Crippen molar-refractivity contribution >= 4 is 29.1 Å². The van der Waals surface area contributed by atoms with Gasteiger partial charge in [-0.15, -0.1) is 11.3 Å². The summed E-state index contributed by atoms with van der Waals surface area (Å²) in [6, 6.07) is 0. The highest BCUT2D eigenvalue weighted by Crippen LogP contribution is 2.12. The monoisotopic (exact) mass is 313 g/mol. The number of hydrogen-bond donors (Lipinski definition) is 3.